The molecule has 0 fully saturated rings. The Kier molecular flexibility index (Phi) is 5.49. The molecule has 9 aromatic rings. The minimum absolute atomic E-state index is 0.442. The molecular weight excluding hydrogens is 629 g/mol. The van der Waals surface area contributed by atoms with Gasteiger partial charge in [-0.1, -0.05) is 158 Å². The second-order valence-electron chi connectivity index (χ2n) is 14.3. The summed E-state index contributed by atoms with van der Waals surface area (Å²) in [6, 6.07) is 67.3. The van der Waals surface area contributed by atoms with E-state index >= 15 is 0 Å². The van der Waals surface area contributed by atoms with E-state index < -0.39 is 5.41 Å². The molecule has 1 atom stereocenters. The average Bonchev–Trinajstić information content (AvgIpc) is 3.50. The first-order valence-corrected chi connectivity index (χ1v) is 18.1. The number of hydrogen-bond acceptors (Lipinski definition) is 1. The van der Waals surface area contributed by atoms with Gasteiger partial charge in [-0.25, -0.2) is 0 Å². The summed E-state index contributed by atoms with van der Waals surface area (Å²) in [6.07, 6.45) is 0. The van der Waals surface area contributed by atoms with E-state index in [-0.39, 0.29) is 0 Å². The third-order valence-electron chi connectivity index (χ3n) is 11.9. The van der Waals surface area contributed by atoms with Crippen LogP contribution in [0.4, 0.5) is 0 Å². The van der Waals surface area contributed by atoms with Crippen molar-refractivity contribution in [2.45, 2.75) is 5.41 Å². The smallest absolute Gasteiger partial charge is 0.135 e. The Bertz CT molecular complexity index is 2980. The quantitative estimate of drug-likeness (QED) is 0.180. The summed E-state index contributed by atoms with van der Waals surface area (Å²) < 4.78 is 6.64. The van der Waals surface area contributed by atoms with Gasteiger partial charge in [0.15, 0.2) is 0 Å². The topological polar surface area (TPSA) is 9.23 Å². The van der Waals surface area contributed by atoms with Crippen molar-refractivity contribution in [2.24, 2.45) is 0 Å². The van der Waals surface area contributed by atoms with Gasteiger partial charge in [0.05, 0.1) is 5.41 Å². The van der Waals surface area contributed by atoms with Crippen molar-refractivity contribution >= 4 is 21.5 Å². The van der Waals surface area contributed by atoms with Gasteiger partial charge in [-0.05, 0) is 113 Å². The molecule has 1 spiro atoms. The second-order valence-corrected chi connectivity index (χ2v) is 14.3. The van der Waals surface area contributed by atoms with Gasteiger partial charge in [0.25, 0.3) is 0 Å². The number of fused-ring (bicyclic) bond motifs is 11. The molecule has 3 aliphatic rings. The number of ether oxygens (including phenoxy) is 1. The van der Waals surface area contributed by atoms with Crippen LogP contribution in [0.5, 0.6) is 11.5 Å². The van der Waals surface area contributed by atoms with E-state index in [0.717, 1.165) is 17.1 Å². The number of rotatable bonds is 2. The Balaban J connectivity index is 1.10. The molecule has 0 N–H and O–H groups in total. The molecular formula is C51H30O. The van der Waals surface area contributed by atoms with Crippen LogP contribution in [0.25, 0.3) is 77.2 Å². The van der Waals surface area contributed by atoms with E-state index in [1.165, 1.54) is 93.9 Å². The molecule has 2 aliphatic carbocycles. The van der Waals surface area contributed by atoms with E-state index in [4.69, 9.17) is 4.74 Å². The Morgan fingerprint density at radius 1 is 0.308 bits per heavy atom. The van der Waals surface area contributed by atoms with E-state index in [1.807, 2.05) is 0 Å². The summed E-state index contributed by atoms with van der Waals surface area (Å²) in [5, 5.41) is 5.01. The van der Waals surface area contributed by atoms with Crippen LogP contribution in [0.15, 0.2) is 182 Å². The van der Waals surface area contributed by atoms with Crippen molar-refractivity contribution in [3.8, 4) is 67.1 Å². The van der Waals surface area contributed by atoms with E-state index in [1.54, 1.807) is 0 Å². The molecule has 1 aliphatic heterocycles. The Hall–Kier alpha value is -6.70. The zero-order valence-corrected chi connectivity index (χ0v) is 28.2. The molecule has 1 heterocycles. The third-order valence-corrected chi connectivity index (χ3v) is 11.9. The Labute approximate surface area is 302 Å². The SMILES string of the molecule is c1ccc(-c2ccc3c4c(cccc24)-c2cc(-c4ccc5c(c4)C4(c6ccccc6-5)c5ccccc5-c5cccc6cccc4c56)ccc2O3)cc1. The van der Waals surface area contributed by atoms with Crippen LogP contribution in [0, 0.1) is 0 Å². The van der Waals surface area contributed by atoms with Crippen LogP contribution in [0.1, 0.15) is 22.3 Å². The fraction of sp³-hybridized carbons (Fsp3) is 0.0196. The first-order chi connectivity index (χ1) is 25.8. The molecule has 52 heavy (non-hydrogen) atoms. The molecule has 1 unspecified atom stereocenters. The molecule has 1 heteroatoms. The predicted molar refractivity (Wildman–Crippen MR) is 214 cm³/mol. The third kappa shape index (κ3) is 3.52. The highest BCUT2D eigenvalue weighted by Gasteiger charge is 2.50. The van der Waals surface area contributed by atoms with Gasteiger partial charge in [0.1, 0.15) is 11.5 Å². The molecule has 0 bridgehead atoms. The van der Waals surface area contributed by atoms with Crippen LogP contribution >= 0.6 is 0 Å². The summed E-state index contributed by atoms with van der Waals surface area (Å²) in [4.78, 5) is 0. The van der Waals surface area contributed by atoms with Gasteiger partial charge in [-0.3, -0.25) is 0 Å². The first kappa shape index (κ1) is 28.0. The van der Waals surface area contributed by atoms with E-state index in [9.17, 15) is 0 Å². The van der Waals surface area contributed by atoms with Gasteiger partial charge in [0, 0.05) is 10.9 Å². The first-order valence-electron chi connectivity index (χ1n) is 18.1. The maximum atomic E-state index is 6.64. The molecule has 12 rings (SSSR count). The molecule has 9 aromatic carbocycles. The van der Waals surface area contributed by atoms with Crippen molar-refractivity contribution in [2.75, 3.05) is 0 Å². The highest BCUT2D eigenvalue weighted by atomic mass is 16.5. The number of hydrogen-bond donors (Lipinski definition) is 0. The van der Waals surface area contributed by atoms with Crippen molar-refractivity contribution in [3.63, 3.8) is 0 Å². The highest BCUT2D eigenvalue weighted by molar-refractivity contribution is 6.11. The largest absolute Gasteiger partial charge is 0.456 e. The lowest BCUT2D eigenvalue weighted by Crippen LogP contribution is -2.31. The maximum absolute atomic E-state index is 6.64. The highest BCUT2D eigenvalue weighted by Crippen LogP contribution is 2.62. The average molecular weight is 659 g/mol. The van der Waals surface area contributed by atoms with Gasteiger partial charge < -0.3 is 4.74 Å². The molecule has 240 valence electrons. The lowest BCUT2D eigenvalue weighted by atomic mass is 9.61. The Morgan fingerprint density at radius 2 is 0.885 bits per heavy atom. The van der Waals surface area contributed by atoms with Crippen LogP contribution in [-0.2, 0) is 5.41 Å². The zero-order valence-electron chi connectivity index (χ0n) is 28.2. The summed E-state index contributed by atoms with van der Waals surface area (Å²) >= 11 is 0. The maximum Gasteiger partial charge on any atom is 0.135 e. The normalized spacial score (nSPS) is 15.5. The molecule has 1 nitrogen and oxygen atoms in total. The summed E-state index contributed by atoms with van der Waals surface area (Å²) in [7, 11) is 0. The summed E-state index contributed by atoms with van der Waals surface area (Å²) in [6.45, 7) is 0. The van der Waals surface area contributed by atoms with E-state index in [2.05, 4.69) is 182 Å². The van der Waals surface area contributed by atoms with Crippen LogP contribution < -0.4 is 4.74 Å². The minimum atomic E-state index is -0.442. The van der Waals surface area contributed by atoms with Gasteiger partial charge >= 0.3 is 0 Å². The molecule has 0 amide bonds. The van der Waals surface area contributed by atoms with Gasteiger partial charge in [-0.15, -0.1) is 0 Å². The van der Waals surface area contributed by atoms with Gasteiger partial charge in [0.2, 0.25) is 0 Å². The molecule has 0 aromatic heterocycles. The number of benzene rings is 9. The van der Waals surface area contributed by atoms with Crippen molar-refractivity contribution in [1.29, 1.82) is 0 Å². The van der Waals surface area contributed by atoms with Crippen molar-refractivity contribution in [1.82, 2.24) is 0 Å². The Morgan fingerprint density at radius 3 is 1.71 bits per heavy atom. The summed E-state index contributed by atoms with van der Waals surface area (Å²) in [5.41, 5.74) is 17.4. The molecule has 0 saturated heterocycles. The molecule has 0 radical (unpaired) electrons. The van der Waals surface area contributed by atoms with E-state index in [0.29, 0.717) is 0 Å². The minimum Gasteiger partial charge on any atom is -0.456 e. The fourth-order valence-electron chi connectivity index (χ4n) is 9.79. The van der Waals surface area contributed by atoms with Crippen molar-refractivity contribution in [3.05, 3.63) is 204 Å². The molecule has 0 saturated carbocycles. The monoisotopic (exact) mass is 658 g/mol. The predicted octanol–water partition coefficient (Wildman–Crippen LogP) is 13.4. The van der Waals surface area contributed by atoms with Crippen LogP contribution in [0.3, 0.4) is 0 Å². The summed E-state index contributed by atoms with van der Waals surface area (Å²) in [5.74, 6) is 1.80. The second kappa shape index (κ2) is 10.2. The lowest BCUT2D eigenvalue weighted by Gasteiger charge is -2.40. The van der Waals surface area contributed by atoms with Crippen LogP contribution in [0.2, 0.25) is 0 Å². The lowest BCUT2D eigenvalue weighted by molar-refractivity contribution is 0.487. The van der Waals surface area contributed by atoms with Gasteiger partial charge in [-0.2, -0.15) is 0 Å². The van der Waals surface area contributed by atoms with Crippen molar-refractivity contribution < 1.29 is 4.74 Å². The fourth-order valence-corrected chi connectivity index (χ4v) is 9.79. The zero-order chi connectivity index (χ0) is 34.0. The standard InChI is InChI=1S/C51H30O/c1-2-11-31(12-3-1)35-26-28-48-50-39(35)18-10-19-41(50)42-29-33(24-27-47(42)52-48)34-23-25-38-36-15-4-6-20-43(36)51(46(38)30-34)44-21-7-5-16-37(44)40-17-8-13-32-14-9-22-45(51)49(32)40/h1-30H. The van der Waals surface area contributed by atoms with Crippen LogP contribution in [-0.4, -0.2) is 0 Å².